The van der Waals surface area contributed by atoms with Crippen LogP contribution in [0.15, 0.2) is 57.7 Å². The number of benzene rings is 2. The molecular weight excluding hydrogens is 436 g/mol. The van der Waals surface area contributed by atoms with Gasteiger partial charge in [0.2, 0.25) is 5.76 Å². The van der Waals surface area contributed by atoms with Gasteiger partial charge in [-0.05, 0) is 50.1 Å². The number of hydrogen-bond donors (Lipinski definition) is 0. The Morgan fingerprint density at radius 2 is 1.94 bits per heavy atom. The minimum atomic E-state index is -0.645. The highest BCUT2D eigenvalue weighted by molar-refractivity contribution is 7.15. The first kappa shape index (κ1) is 21.4. The summed E-state index contributed by atoms with van der Waals surface area (Å²) in [5.41, 5.74) is 2.19. The van der Waals surface area contributed by atoms with Crippen molar-refractivity contribution in [2.75, 3.05) is 11.5 Å². The zero-order valence-electron chi connectivity index (χ0n) is 18.8. The summed E-state index contributed by atoms with van der Waals surface area (Å²) in [6.07, 6.45) is 1.99. The molecule has 168 valence electrons. The largest absolute Gasteiger partial charge is 0.494 e. The molecule has 0 radical (unpaired) electrons. The van der Waals surface area contributed by atoms with Gasteiger partial charge in [-0.1, -0.05) is 37.6 Å². The third kappa shape index (κ3) is 3.62. The highest BCUT2D eigenvalue weighted by Crippen LogP contribution is 2.43. The molecule has 7 heteroatoms. The molecule has 1 aliphatic heterocycles. The Morgan fingerprint density at radius 1 is 1.12 bits per heavy atom. The molecule has 33 heavy (non-hydrogen) atoms. The SMILES string of the molecule is CCCCOc1cccc([C@H]2c3c(oc4ccccc4c3=O)C(=O)N2c2nc(C)c(C)s2)c1. The van der Waals surface area contributed by atoms with Crippen LogP contribution in [-0.4, -0.2) is 17.5 Å². The molecule has 0 aliphatic carbocycles. The molecule has 4 aromatic rings. The van der Waals surface area contributed by atoms with Crippen molar-refractivity contribution >= 4 is 33.3 Å². The highest BCUT2D eigenvalue weighted by Gasteiger charge is 2.45. The van der Waals surface area contributed by atoms with Gasteiger partial charge in [-0.3, -0.25) is 14.5 Å². The van der Waals surface area contributed by atoms with Crippen LogP contribution < -0.4 is 15.1 Å². The molecule has 0 saturated carbocycles. The molecule has 6 nitrogen and oxygen atoms in total. The van der Waals surface area contributed by atoms with Gasteiger partial charge in [-0.15, -0.1) is 11.3 Å². The van der Waals surface area contributed by atoms with Crippen molar-refractivity contribution in [1.82, 2.24) is 4.98 Å². The number of nitrogens with zero attached hydrogens (tertiary/aromatic N) is 2. The molecule has 0 fully saturated rings. The fraction of sp³-hybridized carbons (Fsp3) is 0.269. The summed E-state index contributed by atoms with van der Waals surface area (Å²) >= 11 is 1.43. The van der Waals surface area contributed by atoms with Gasteiger partial charge in [0.1, 0.15) is 11.3 Å². The monoisotopic (exact) mass is 460 g/mol. The number of anilines is 1. The van der Waals surface area contributed by atoms with Gasteiger partial charge in [-0.25, -0.2) is 4.98 Å². The Bertz CT molecular complexity index is 1400. The van der Waals surface area contributed by atoms with E-state index in [1.54, 1.807) is 29.2 Å². The maximum atomic E-state index is 13.6. The van der Waals surface area contributed by atoms with Gasteiger partial charge in [0.05, 0.1) is 29.3 Å². The number of aryl methyl sites for hydroxylation is 2. The maximum Gasteiger partial charge on any atom is 0.297 e. The number of fused-ring (bicyclic) bond motifs is 2. The number of aromatic nitrogens is 1. The fourth-order valence-electron chi connectivity index (χ4n) is 4.10. The zero-order chi connectivity index (χ0) is 23.1. The molecule has 2 aromatic heterocycles. The minimum absolute atomic E-state index is 0.0755. The summed E-state index contributed by atoms with van der Waals surface area (Å²) in [5, 5.41) is 1.00. The second-order valence-electron chi connectivity index (χ2n) is 8.16. The third-order valence-corrected chi connectivity index (χ3v) is 7.01. The van der Waals surface area contributed by atoms with Crippen molar-refractivity contribution in [3.8, 4) is 5.75 Å². The Labute approximate surface area is 195 Å². The number of rotatable bonds is 6. The van der Waals surface area contributed by atoms with E-state index in [2.05, 4.69) is 11.9 Å². The first-order valence-corrected chi connectivity index (χ1v) is 11.9. The fourth-order valence-corrected chi connectivity index (χ4v) is 5.04. The van der Waals surface area contributed by atoms with E-state index in [-0.39, 0.29) is 17.1 Å². The average Bonchev–Trinajstić information content (AvgIpc) is 3.30. The van der Waals surface area contributed by atoms with Gasteiger partial charge in [0, 0.05) is 4.88 Å². The number of thiazole rings is 1. The lowest BCUT2D eigenvalue weighted by molar-refractivity contribution is 0.0971. The molecule has 1 amide bonds. The van der Waals surface area contributed by atoms with E-state index >= 15 is 0 Å². The first-order valence-electron chi connectivity index (χ1n) is 11.1. The Morgan fingerprint density at radius 3 is 2.70 bits per heavy atom. The first-order chi connectivity index (χ1) is 16.0. The number of unbranched alkanes of at least 4 members (excludes halogenated alkanes) is 1. The van der Waals surface area contributed by atoms with E-state index in [1.165, 1.54) is 11.3 Å². The van der Waals surface area contributed by atoms with E-state index in [4.69, 9.17) is 9.15 Å². The van der Waals surface area contributed by atoms with Crippen molar-refractivity contribution in [1.29, 1.82) is 0 Å². The third-order valence-electron chi connectivity index (χ3n) is 5.94. The van der Waals surface area contributed by atoms with Gasteiger partial charge < -0.3 is 9.15 Å². The lowest BCUT2D eigenvalue weighted by atomic mass is 9.98. The van der Waals surface area contributed by atoms with Gasteiger partial charge in [0.25, 0.3) is 5.91 Å². The number of amides is 1. The van der Waals surface area contributed by atoms with E-state index in [0.717, 1.165) is 29.0 Å². The normalized spacial score (nSPS) is 15.3. The molecule has 0 unspecified atom stereocenters. The predicted octanol–water partition coefficient (Wildman–Crippen LogP) is 5.80. The Hall–Kier alpha value is -3.45. The van der Waals surface area contributed by atoms with Crippen LogP contribution in [0.3, 0.4) is 0 Å². The lowest BCUT2D eigenvalue weighted by Crippen LogP contribution is -2.29. The molecule has 3 heterocycles. The van der Waals surface area contributed by atoms with Crippen LogP contribution in [-0.2, 0) is 0 Å². The molecule has 0 saturated heterocycles. The summed E-state index contributed by atoms with van der Waals surface area (Å²) in [5.74, 6) is 0.425. The summed E-state index contributed by atoms with van der Waals surface area (Å²) in [6, 6.07) is 14.0. The molecule has 0 N–H and O–H groups in total. The van der Waals surface area contributed by atoms with Crippen LogP contribution in [0, 0.1) is 13.8 Å². The van der Waals surface area contributed by atoms with Crippen molar-refractivity contribution in [2.24, 2.45) is 0 Å². The predicted molar refractivity (Wildman–Crippen MR) is 130 cm³/mol. The molecule has 0 bridgehead atoms. The van der Waals surface area contributed by atoms with E-state index in [9.17, 15) is 9.59 Å². The van der Waals surface area contributed by atoms with Gasteiger partial charge in [0.15, 0.2) is 10.6 Å². The standard InChI is InChI=1S/C26H24N2O4S/c1-4-5-13-31-18-10-8-9-17(14-18)22-21-23(29)19-11-6-7-12-20(19)32-24(21)25(30)28(22)26-27-15(2)16(3)33-26/h6-12,14,22H,4-5,13H2,1-3H3/t22-/m0/s1. The quantitative estimate of drug-likeness (QED) is 0.340. The van der Waals surface area contributed by atoms with Crippen molar-refractivity contribution in [3.05, 3.63) is 86.2 Å². The summed E-state index contributed by atoms with van der Waals surface area (Å²) in [6.45, 7) is 6.61. The maximum absolute atomic E-state index is 13.6. The Balaban J connectivity index is 1.71. The number of para-hydroxylation sites is 1. The number of carbonyl (C=O) groups is 1. The molecule has 0 spiro atoms. The molecular formula is C26H24N2O4S. The number of hydrogen-bond acceptors (Lipinski definition) is 6. The number of ether oxygens (including phenoxy) is 1. The zero-order valence-corrected chi connectivity index (χ0v) is 19.6. The van der Waals surface area contributed by atoms with Gasteiger partial charge >= 0.3 is 0 Å². The molecule has 5 rings (SSSR count). The van der Waals surface area contributed by atoms with E-state index < -0.39 is 6.04 Å². The van der Waals surface area contributed by atoms with Crippen LogP contribution in [0.25, 0.3) is 11.0 Å². The summed E-state index contributed by atoms with van der Waals surface area (Å²) in [4.78, 5) is 34.5. The molecule has 2 aromatic carbocycles. The van der Waals surface area contributed by atoms with Crippen LogP contribution >= 0.6 is 11.3 Å². The smallest absolute Gasteiger partial charge is 0.297 e. The van der Waals surface area contributed by atoms with Crippen molar-refractivity contribution in [2.45, 2.75) is 39.7 Å². The van der Waals surface area contributed by atoms with Crippen LogP contribution in [0.4, 0.5) is 5.13 Å². The summed E-state index contributed by atoms with van der Waals surface area (Å²) < 4.78 is 11.9. The highest BCUT2D eigenvalue weighted by atomic mass is 32.1. The number of carbonyl (C=O) groups excluding carboxylic acids is 1. The van der Waals surface area contributed by atoms with Crippen molar-refractivity contribution < 1.29 is 13.9 Å². The van der Waals surface area contributed by atoms with Crippen molar-refractivity contribution in [3.63, 3.8) is 0 Å². The van der Waals surface area contributed by atoms with Crippen LogP contribution in [0.5, 0.6) is 5.75 Å². The van der Waals surface area contributed by atoms with E-state index in [1.807, 2.05) is 38.1 Å². The second-order valence-corrected chi connectivity index (χ2v) is 9.34. The average molecular weight is 461 g/mol. The van der Waals surface area contributed by atoms with E-state index in [0.29, 0.717) is 34.0 Å². The molecule has 1 aliphatic rings. The topological polar surface area (TPSA) is 72.6 Å². The van der Waals surface area contributed by atoms with Gasteiger partial charge in [-0.2, -0.15) is 0 Å². The minimum Gasteiger partial charge on any atom is -0.494 e. The summed E-state index contributed by atoms with van der Waals surface area (Å²) in [7, 11) is 0. The van der Waals surface area contributed by atoms with Crippen LogP contribution in [0.2, 0.25) is 0 Å². The Kier molecular flexibility index (Phi) is 5.50. The second kappa shape index (κ2) is 8.48. The van der Waals surface area contributed by atoms with Crippen LogP contribution in [0.1, 0.15) is 58.1 Å². The molecule has 1 atom stereocenters. The lowest BCUT2D eigenvalue weighted by Gasteiger charge is -2.23.